The number of hydrogen-bond donors (Lipinski definition) is 0. The van der Waals surface area contributed by atoms with Crippen LogP contribution in [0.15, 0.2) is 53.4 Å². The highest BCUT2D eigenvalue weighted by Crippen LogP contribution is 2.35. The second kappa shape index (κ2) is 11.5. The highest BCUT2D eigenvalue weighted by Gasteiger charge is 2.37. The molecular formula is C27H31N3O5S. The van der Waals surface area contributed by atoms with Crippen molar-refractivity contribution < 1.29 is 23.9 Å². The van der Waals surface area contributed by atoms with Gasteiger partial charge in [0.15, 0.2) is 11.5 Å². The Labute approximate surface area is 215 Å². The van der Waals surface area contributed by atoms with E-state index in [-0.39, 0.29) is 23.5 Å². The van der Waals surface area contributed by atoms with E-state index in [1.54, 1.807) is 30.2 Å². The third-order valence-corrected chi connectivity index (χ3v) is 7.22. The monoisotopic (exact) mass is 509 g/mol. The summed E-state index contributed by atoms with van der Waals surface area (Å²) in [6.45, 7) is 6.27. The Kier molecular flexibility index (Phi) is 8.20. The Bertz CT molecular complexity index is 1150. The number of amides is 3. The predicted octanol–water partition coefficient (Wildman–Crippen LogP) is 4.26. The zero-order valence-electron chi connectivity index (χ0n) is 20.8. The summed E-state index contributed by atoms with van der Waals surface area (Å²) in [5, 5.41) is -0.439. The molecule has 9 heteroatoms. The van der Waals surface area contributed by atoms with Crippen LogP contribution >= 0.6 is 11.8 Å². The molecule has 3 amide bonds. The van der Waals surface area contributed by atoms with Crippen LogP contribution < -0.4 is 14.4 Å². The van der Waals surface area contributed by atoms with E-state index < -0.39 is 11.1 Å². The number of benzene rings is 2. The first-order valence-corrected chi connectivity index (χ1v) is 12.9. The molecule has 2 heterocycles. The highest BCUT2D eigenvalue weighted by molar-refractivity contribution is 8.18. The van der Waals surface area contributed by atoms with E-state index in [1.165, 1.54) is 0 Å². The predicted molar refractivity (Wildman–Crippen MR) is 141 cm³/mol. The van der Waals surface area contributed by atoms with E-state index in [4.69, 9.17) is 9.47 Å². The fourth-order valence-corrected chi connectivity index (χ4v) is 4.89. The molecular weight excluding hydrogens is 478 g/mol. The van der Waals surface area contributed by atoms with Crippen molar-refractivity contribution >= 4 is 40.6 Å². The number of imide groups is 1. The number of carbonyl (C=O) groups is 3. The maximum Gasteiger partial charge on any atom is 0.294 e. The molecule has 0 unspecified atom stereocenters. The quantitative estimate of drug-likeness (QED) is 0.492. The van der Waals surface area contributed by atoms with Crippen molar-refractivity contribution in [2.24, 2.45) is 0 Å². The first kappa shape index (κ1) is 25.6. The standard InChI is InChI=1S/C27H31N3O5S/c1-4-19(2)35-22-11-10-20(16-23(22)34-3)17-24-26(32)30(27(33)36-24)18-25(31)29-14-12-28(13-15-29)21-8-6-5-7-9-21/h5-11,16-17,19H,4,12-15,18H2,1-3H3/b24-17-/t19-/m1/s1. The van der Waals surface area contributed by atoms with Gasteiger partial charge in [-0.2, -0.15) is 0 Å². The number of methoxy groups -OCH3 is 1. The third kappa shape index (κ3) is 5.84. The van der Waals surface area contributed by atoms with Crippen molar-refractivity contribution in [3.63, 3.8) is 0 Å². The Morgan fingerprint density at radius 1 is 1.06 bits per heavy atom. The van der Waals surface area contributed by atoms with E-state index in [0.717, 1.165) is 28.8 Å². The number of nitrogens with zero attached hydrogens (tertiary/aromatic N) is 3. The smallest absolute Gasteiger partial charge is 0.294 e. The lowest BCUT2D eigenvalue weighted by Gasteiger charge is -2.36. The zero-order valence-corrected chi connectivity index (χ0v) is 21.6. The Balaban J connectivity index is 1.38. The second-order valence-electron chi connectivity index (χ2n) is 8.72. The summed E-state index contributed by atoms with van der Waals surface area (Å²) in [5.41, 5.74) is 1.83. The van der Waals surface area contributed by atoms with Crippen molar-refractivity contribution in [1.82, 2.24) is 9.80 Å². The number of piperazine rings is 1. The van der Waals surface area contributed by atoms with Crippen molar-refractivity contribution in [2.75, 3.05) is 44.7 Å². The minimum atomic E-state index is -0.458. The van der Waals surface area contributed by atoms with Gasteiger partial charge in [-0.15, -0.1) is 0 Å². The second-order valence-corrected chi connectivity index (χ2v) is 9.71. The number of hydrogen-bond acceptors (Lipinski definition) is 7. The Morgan fingerprint density at radius 3 is 2.44 bits per heavy atom. The summed E-state index contributed by atoms with van der Waals surface area (Å²) in [6.07, 6.45) is 2.54. The topological polar surface area (TPSA) is 79.4 Å². The van der Waals surface area contributed by atoms with Crippen LogP contribution in [0.3, 0.4) is 0 Å². The van der Waals surface area contributed by atoms with Crippen molar-refractivity contribution in [1.29, 1.82) is 0 Å². The molecule has 0 N–H and O–H groups in total. The highest BCUT2D eigenvalue weighted by atomic mass is 32.2. The Hall–Kier alpha value is -3.46. The molecule has 0 aromatic heterocycles. The molecule has 0 saturated carbocycles. The molecule has 2 fully saturated rings. The fourth-order valence-electron chi connectivity index (χ4n) is 4.05. The number of thioether (sulfide) groups is 1. The molecule has 2 saturated heterocycles. The van der Waals surface area contributed by atoms with Gasteiger partial charge in [0, 0.05) is 31.9 Å². The van der Waals surface area contributed by atoms with E-state index in [1.807, 2.05) is 50.2 Å². The van der Waals surface area contributed by atoms with E-state index in [2.05, 4.69) is 4.90 Å². The van der Waals surface area contributed by atoms with Gasteiger partial charge >= 0.3 is 0 Å². The molecule has 0 radical (unpaired) electrons. The lowest BCUT2D eigenvalue weighted by molar-refractivity contribution is -0.136. The van der Waals surface area contributed by atoms with Crippen LogP contribution in [0.4, 0.5) is 10.5 Å². The number of rotatable bonds is 8. The first-order valence-electron chi connectivity index (χ1n) is 12.1. The molecule has 0 bridgehead atoms. The maximum absolute atomic E-state index is 13.0. The van der Waals surface area contributed by atoms with E-state index in [0.29, 0.717) is 43.2 Å². The summed E-state index contributed by atoms with van der Waals surface area (Å²) in [5.74, 6) is 0.489. The van der Waals surface area contributed by atoms with Gasteiger partial charge in [-0.1, -0.05) is 31.2 Å². The molecule has 2 aliphatic rings. The molecule has 36 heavy (non-hydrogen) atoms. The van der Waals surface area contributed by atoms with E-state index >= 15 is 0 Å². The summed E-state index contributed by atoms with van der Waals surface area (Å²) in [7, 11) is 1.56. The van der Waals surface area contributed by atoms with E-state index in [9.17, 15) is 14.4 Å². The summed E-state index contributed by atoms with van der Waals surface area (Å²) >= 11 is 0.842. The van der Waals surface area contributed by atoms with Crippen molar-refractivity contribution in [3.8, 4) is 11.5 Å². The minimum absolute atomic E-state index is 0.0418. The molecule has 2 aromatic rings. The number of anilines is 1. The van der Waals surface area contributed by atoms with Gasteiger partial charge in [0.1, 0.15) is 6.54 Å². The fraction of sp³-hybridized carbons (Fsp3) is 0.370. The van der Waals surface area contributed by atoms with Gasteiger partial charge in [-0.25, -0.2) is 0 Å². The molecule has 4 rings (SSSR count). The first-order chi connectivity index (χ1) is 17.4. The van der Waals surface area contributed by atoms with Crippen LogP contribution in [-0.4, -0.2) is 72.8 Å². The third-order valence-electron chi connectivity index (χ3n) is 6.31. The van der Waals surface area contributed by atoms with Crippen LogP contribution in [0.5, 0.6) is 11.5 Å². The molecule has 2 aliphatic heterocycles. The zero-order chi connectivity index (χ0) is 25.7. The average molecular weight is 510 g/mol. The van der Waals surface area contributed by atoms with Crippen molar-refractivity contribution in [3.05, 3.63) is 59.0 Å². The summed E-state index contributed by atoms with van der Waals surface area (Å²) in [6, 6.07) is 15.4. The minimum Gasteiger partial charge on any atom is -0.493 e. The average Bonchev–Trinajstić information content (AvgIpc) is 3.17. The van der Waals surface area contributed by atoms with Gasteiger partial charge < -0.3 is 19.3 Å². The SMILES string of the molecule is CC[C@@H](C)Oc1ccc(/C=C2\SC(=O)N(CC(=O)N3CCN(c4ccccc4)CC3)C2=O)cc1OC. The van der Waals surface area contributed by atoms with Gasteiger partial charge in [-0.3, -0.25) is 19.3 Å². The van der Waals surface area contributed by atoms with Gasteiger partial charge in [0.05, 0.1) is 18.1 Å². The number of para-hydroxylation sites is 1. The normalized spacial score (nSPS) is 18.1. The van der Waals surface area contributed by atoms with Gasteiger partial charge in [0.2, 0.25) is 5.91 Å². The van der Waals surface area contributed by atoms with Crippen LogP contribution in [-0.2, 0) is 9.59 Å². The molecule has 2 aromatic carbocycles. The van der Waals surface area contributed by atoms with Crippen LogP contribution in [0, 0.1) is 0 Å². The summed E-state index contributed by atoms with van der Waals surface area (Å²) < 4.78 is 11.3. The molecule has 190 valence electrons. The van der Waals surface area contributed by atoms with Gasteiger partial charge in [0.25, 0.3) is 11.1 Å². The molecule has 0 spiro atoms. The molecule has 1 atom stereocenters. The van der Waals surface area contributed by atoms with Crippen LogP contribution in [0.1, 0.15) is 25.8 Å². The van der Waals surface area contributed by atoms with Crippen molar-refractivity contribution in [2.45, 2.75) is 26.4 Å². The maximum atomic E-state index is 13.0. The summed E-state index contributed by atoms with van der Waals surface area (Å²) in [4.78, 5) is 43.7. The lowest BCUT2D eigenvalue weighted by atomic mass is 10.1. The molecule has 8 nitrogen and oxygen atoms in total. The Morgan fingerprint density at radius 2 is 1.78 bits per heavy atom. The number of carbonyl (C=O) groups excluding carboxylic acids is 3. The largest absolute Gasteiger partial charge is 0.493 e. The lowest BCUT2D eigenvalue weighted by Crippen LogP contribution is -2.51. The molecule has 0 aliphatic carbocycles. The van der Waals surface area contributed by atoms with Crippen LogP contribution in [0.2, 0.25) is 0 Å². The number of ether oxygens (including phenoxy) is 2. The van der Waals surface area contributed by atoms with Gasteiger partial charge in [-0.05, 0) is 61.0 Å². The van der Waals surface area contributed by atoms with Crippen LogP contribution in [0.25, 0.3) is 6.08 Å².